The van der Waals surface area contributed by atoms with E-state index in [0.717, 1.165) is 30.5 Å². The van der Waals surface area contributed by atoms with E-state index in [2.05, 4.69) is 23.5 Å². The molecule has 0 unspecified atom stereocenters. The summed E-state index contributed by atoms with van der Waals surface area (Å²) in [5, 5.41) is 0. The summed E-state index contributed by atoms with van der Waals surface area (Å²) in [6.45, 7) is 2.10. The molecule has 0 aliphatic rings. The van der Waals surface area contributed by atoms with E-state index in [0.29, 0.717) is 17.9 Å². The maximum atomic E-state index is 14.5. The molecule has 0 radical (unpaired) electrons. The van der Waals surface area contributed by atoms with Crippen molar-refractivity contribution in [3.8, 4) is 28.7 Å². The third kappa shape index (κ3) is 5.98. The lowest BCUT2D eigenvalue weighted by atomic mass is 10.0. The molecule has 164 valence electrons. The number of aryl methyl sites for hydroxylation is 1. The smallest absolute Gasteiger partial charge is 0.260 e. The molecule has 0 saturated heterocycles. The number of halogens is 5. The third-order valence-corrected chi connectivity index (χ3v) is 4.54. The van der Waals surface area contributed by atoms with Crippen molar-refractivity contribution in [2.45, 2.75) is 26.2 Å². The topological polar surface area (TPSA) is 9.23 Å². The van der Waals surface area contributed by atoms with E-state index < -0.39 is 29.6 Å². The zero-order chi connectivity index (χ0) is 23.1. The lowest BCUT2D eigenvalue weighted by molar-refractivity contribution is 0.200. The van der Waals surface area contributed by atoms with E-state index in [4.69, 9.17) is 0 Å². The van der Waals surface area contributed by atoms with Crippen LogP contribution >= 0.6 is 0 Å². The lowest BCUT2D eigenvalue weighted by Gasteiger charge is -2.05. The molecule has 0 heterocycles. The van der Waals surface area contributed by atoms with Crippen molar-refractivity contribution in [3.63, 3.8) is 0 Å². The zero-order valence-electron chi connectivity index (χ0n) is 17.1. The van der Waals surface area contributed by atoms with Gasteiger partial charge in [-0.1, -0.05) is 55.5 Å². The second-order valence-electron chi connectivity index (χ2n) is 6.94. The Kier molecular flexibility index (Phi) is 7.67. The number of rotatable bonds is 6. The predicted octanol–water partition coefficient (Wildman–Crippen LogP) is 7.28. The molecule has 3 aromatic carbocycles. The predicted molar refractivity (Wildman–Crippen MR) is 114 cm³/mol. The second-order valence-corrected chi connectivity index (χ2v) is 6.94. The molecule has 0 aromatic heterocycles. The Bertz CT molecular complexity index is 1150. The van der Waals surface area contributed by atoms with Crippen LogP contribution in [0.5, 0.6) is 5.75 Å². The van der Waals surface area contributed by atoms with Gasteiger partial charge in [0.15, 0.2) is 17.4 Å². The fourth-order valence-electron chi connectivity index (χ4n) is 3.00. The van der Waals surface area contributed by atoms with Gasteiger partial charge in [0.1, 0.15) is 5.82 Å². The number of ether oxygens (including phenoxy) is 1. The summed E-state index contributed by atoms with van der Waals surface area (Å²) in [6, 6.07) is 14.2. The van der Waals surface area contributed by atoms with Gasteiger partial charge in [-0.15, -0.1) is 0 Å². The van der Waals surface area contributed by atoms with Crippen molar-refractivity contribution in [2.24, 2.45) is 0 Å². The molecule has 0 N–H and O–H groups in total. The third-order valence-electron chi connectivity index (χ3n) is 4.54. The molecule has 0 fully saturated rings. The van der Waals surface area contributed by atoms with Crippen molar-refractivity contribution in [3.05, 3.63) is 101 Å². The van der Waals surface area contributed by atoms with Gasteiger partial charge in [0.25, 0.3) is 6.43 Å². The number of alkyl halides is 2. The molecule has 1 nitrogen and oxygen atoms in total. The highest BCUT2D eigenvalue weighted by molar-refractivity contribution is 5.65. The normalized spacial score (nSPS) is 11.0. The second kappa shape index (κ2) is 10.6. The number of hydrogen-bond donors (Lipinski definition) is 0. The minimum Gasteiger partial charge on any atom is -0.459 e. The Hall–Kier alpha value is -3.59. The van der Waals surface area contributed by atoms with Crippen LogP contribution in [-0.2, 0) is 6.42 Å². The fraction of sp³-hybridized carbons (Fsp3) is 0.154. The average molecular weight is 442 g/mol. The van der Waals surface area contributed by atoms with E-state index in [9.17, 15) is 22.0 Å². The van der Waals surface area contributed by atoms with Gasteiger partial charge in [-0.25, -0.2) is 22.0 Å². The first kappa shape index (κ1) is 23.1. The summed E-state index contributed by atoms with van der Waals surface area (Å²) in [5.41, 5.74) is 2.77. The minimum absolute atomic E-state index is 0.0554. The summed E-state index contributed by atoms with van der Waals surface area (Å²) in [7, 11) is 0. The Labute approximate surface area is 183 Å². The molecule has 0 bridgehead atoms. The van der Waals surface area contributed by atoms with Crippen molar-refractivity contribution in [2.75, 3.05) is 0 Å². The first-order valence-corrected chi connectivity index (χ1v) is 9.88. The molecule has 0 amide bonds. The largest absolute Gasteiger partial charge is 0.459 e. The number of benzene rings is 3. The minimum atomic E-state index is -2.81. The average Bonchev–Trinajstić information content (AvgIpc) is 2.75. The van der Waals surface area contributed by atoms with Crippen LogP contribution < -0.4 is 4.74 Å². The molecule has 0 aliphatic heterocycles. The van der Waals surface area contributed by atoms with Crippen molar-refractivity contribution in [1.82, 2.24) is 0 Å². The molecule has 0 saturated carbocycles. The van der Waals surface area contributed by atoms with Gasteiger partial charge in [-0.3, -0.25) is 0 Å². The summed E-state index contributed by atoms with van der Waals surface area (Å²) in [4.78, 5) is 0. The van der Waals surface area contributed by atoms with Gasteiger partial charge < -0.3 is 4.74 Å². The van der Waals surface area contributed by atoms with Gasteiger partial charge in [0.05, 0.1) is 11.8 Å². The van der Waals surface area contributed by atoms with E-state index in [1.807, 2.05) is 24.3 Å². The highest BCUT2D eigenvalue weighted by Gasteiger charge is 2.12. The molecule has 3 rings (SSSR count). The molecule has 0 spiro atoms. The van der Waals surface area contributed by atoms with Gasteiger partial charge in [-0.05, 0) is 47.4 Å². The van der Waals surface area contributed by atoms with Crippen LogP contribution in [0, 0.1) is 29.3 Å². The molecular formula is C26H19F5O. The zero-order valence-corrected chi connectivity index (χ0v) is 17.1. The number of allylic oxidation sites excluding steroid dienone is 1. The monoisotopic (exact) mass is 442 g/mol. The summed E-state index contributed by atoms with van der Waals surface area (Å²) < 4.78 is 71.3. The first-order chi connectivity index (χ1) is 15.4. The van der Waals surface area contributed by atoms with Crippen LogP contribution in [0.25, 0.3) is 11.1 Å². The quantitative estimate of drug-likeness (QED) is 0.221. The van der Waals surface area contributed by atoms with E-state index in [1.165, 1.54) is 17.7 Å². The maximum Gasteiger partial charge on any atom is 0.260 e. The standard InChI is InChI=1S/C26H19F5O/c1-2-3-17-4-7-19(8-5-17)21-11-10-20(22(27)16-21)9-6-18-14-23(28)26(24(29)15-18)32-13-12-25(30)31/h4-5,7-8,10-16,25H,2-3H2,1H3/b13-12+. The van der Waals surface area contributed by atoms with E-state index >= 15 is 0 Å². The Morgan fingerprint density at radius 1 is 0.844 bits per heavy atom. The van der Waals surface area contributed by atoms with Crippen molar-refractivity contribution >= 4 is 0 Å². The highest BCUT2D eigenvalue weighted by Crippen LogP contribution is 2.25. The van der Waals surface area contributed by atoms with Crippen molar-refractivity contribution < 1.29 is 26.7 Å². The van der Waals surface area contributed by atoms with Gasteiger partial charge in [0.2, 0.25) is 0 Å². The van der Waals surface area contributed by atoms with Crippen LogP contribution in [-0.4, -0.2) is 6.43 Å². The molecule has 3 aromatic rings. The Morgan fingerprint density at radius 3 is 2.09 bits per heavy atom. The highest BCUT2D eigenvalue weighted by atomic mass is 19.3. The molecule has 32 heavy (non-hydrogen) atoms. The Balaban J connectivity index is 1.79. The SMILES string of the molecule is CCCc1ccc(-c2ccc(C#Cc3cc(F)c(O/C=C/C(F)F)c(F)c3)c(F)c2)cc1. The molecule has 0 atom stereocenters. The van der Waals surface area contributed by atoms with Gasteiger partial charge in [0, 0.05) is 11.6 Å². The van der Waals surface area contributed by atoms with Crippen LogP contribution in [0.4, 0.5) is 22.0 Å². The van der Waals surface area contributed by atoms with Gasteiger partial charge in [-0.2, -0.15) is 0 Å². The van der Waals surface area contributed by atoms with Crippen LogP contribution in [0.2, 0.25) is 0 Å². The number of hydrogen-bond acceptors (Lipinski definition) is 1. The summed E-state index contributed by atoms with van der Waals surface area (Å²) >= 11 is 0. The van der Waals surface area contributed by atoms with Crippen molar-refractivity contribution in [1.29, 1.82) is 0 Å². The van der Waals surface area contributed by atoms with E-state index in [1.54, 1.807) is 6.07 Å². The van der Waals surface area contributed by atoms with Crippen LogP contribution in [0.1, 0.15) is 30.0 Å². The lowest BCUT2D eigenvalue weighted by Crippen LogP contribution is -1.95. The summed E-state index contributed by atoms with van der Waals surface area (Å²) in [5.74, 6) is 1.43. The van der Waals surface area contributed by atoms with Crippen LogP contribution in [0.15, 0.2) is 66.9 Å². The maximum absolute atomic E-state index is 14.5. The van der Waals surface area contributed by atoms with Crippen LogP contribution in [0.3, 0.4) is 0 Å². The molecule has 6 heteroatoms. The van der Waals surface area contributed by atoms with Gasteiger partial charge >= 0.3 is 0 Å². The summed E-state index contributed by atoms with van der Waals surface area (Å²) in [6.07, 6.45) is 0.0579. The molecule has 0 aliphatic carbocycles. The fourth-order valence-corrected chi connectivity index (χ4v) is 3.00. The molecular weight excluding hydrogens is 423 g/mol. The Morgan fingerprint density at radius 2 is 1.50 bits per heavy atom. The van der Waals surface area contributed by atoms with E-state index in [-0.39, 0.29) is 11.1 Å². The first-order valence-electron chi connectivity index (χ1n) is 9.88.